The van der Waals surface area contributed by atoms with E-state index in [4.69, 9.17) is 0 Å². The molecular weight excluding hydrogens is 243 g/mol. The van der Waals surface area contributed by atoms with E-state index >= 15 is 0 Å². The van der Waals surface area contributed by atoms with Crippen LogP contribution >= 0.6 is 0 Å². The summed E-state index contributed by atoms with van der Waals surface area (Å²) in [6.07, 6.45) is 2.23. The van der Waals surface area contributed by atoms with Gasteiger partial charge in [-0.2, -0.15) is 0 Å². The Morgan fingerprint density at radius 1 is 1.32 bits per heavy atom. The molecule has 0 spiro atoms. The maximum atomic E-state index is 12.9. The molecule has 0 bridgehead atoms. The first kappa shape index (κ1) is 14.0. The summed E-state index contributed by atoms with van der Waals surface area (Å²) in [5.74, 6) is -0.0410. The van der Waals surface area contributed by atoms with Crippen molar-refractivity contribution in [3.63, 3.8) is 0 Å². The van der Waals surface area contributed by atoms with Gasteiger partial charge in [0.2, 0.25) is 5.91 Å². The van der Waals surface area contributed by atoms with Crippen LogP contribution in [-0.2, 0) is 4.79 Å². The number of carbonyl (C=O) groups excluding carboxylic acids is 1. The van der Waals surface area contributed by atoms with Crippen LogP contribution in [0.25, 0.3) is 0 Å². The lowest BCUT2D eigenvalue weighted by molar-refractivity contribution is -0.131. The van der Waals surface area contributed by atoms with Gasteiger partial charge >= 0.3 is 0 Å². The summed E-state index contributed by atoms with van der Waals surface area (Å²) >= 11 is 0. The molecule has 1 aromatic rings. The number of benzene rings is 1. The van der Waals surface area contributed by atoms with Crippen molar-refractivity contribution >= 4 is 5.91 Å². The lowest BCUT2D eigenvalue weighted by Crippen LogP contribution is -2.38. The molecule has 4 heteroatoms. The van der Waals surface area contributed by atoms with Crippen LogP contribution in [0, 0.1) is 5.82 Å². The van der Waals surface area contributed by atoms with E-state index in [-0.39, 0.29) is 17.8 Å². The Hall–Kier alpha value is -1.42. The summed E-state index contributed by atoms with van der Waals surface area (Å²) < 4.78 is 12.9. The first-order valence-electron chi connectivity index (χ1n) is 6.81. The largest absolute Gasteiger partial charge is 0.342 e. The highest BCUT2D eigenvalue weighted by molar-refractivity contribution is 5.78. The van der Waals surface area contributed by atoms with Gasteiger partial charge in [0.15, 0.2) is 0 Å². The van der Waals surface area contributed by atoms with Crippen molar-refractivity contribution < 1.29 is 9.18 Å². The fourth-order valence-electron chi connectivity index (χ4n) is 2.41. The van der Waals surface area contributed by atoms with Crippen molar-refractivity contribution in [2.45, 2.75) is 25.8 Å². The van der Waals surface area contributed by atoms with E-state index in [9.17, 15) is 9.18 Å². The normalized spacial score (nSPS) is 16.9. The van der Waals surface area contributed by atoms with Crippen molar-refractivity contribution in [3.8, 4) is 0 Å². The van der Waals surface area contributed by atoms with E-state index in [2.05, 4.69) is 0 Å². The molecule has 1 fully saturated rings. The van der Waals surface area contributed by atoms with Gasteiger partial charge in [0.05, 0.1) is 6.54 Å². The molecule has 1 heterocycles. The smallest absolute Gasteiger partial charge is 0.236 e. The maximum absolute atomic E-state index is 12.9. The maximum Gasteiger partial charge on any atom is 0.236 e. The van der Waals surface area contributed by atoms with Crippen LogP contribution in [0.15, 0.2) is 24.3 Å². The van der Waals surface area contributed by atoms with Crippen molar-refractivity contribution in [1.29, 1.82) is 0 Å². The number of amides is 1. The van der Waals surface area contributed by atoms with Crippen LogP contribution in [-0.4, -0.2) is 42.4 Å². The van der Waals surface area contributed by atoms with Gasteiger partial charge in [0.25, 0.3) is 0 Å². The minimum atomic E-state index is -0.230. The fraction of sp³-hybridized carbons (Fsp3) is 0.533. The number of nitrogens with zero attached hydrogens (tertiary/aromatic N) is 2. The molecule has 0 saturated carbocycles. The van der Waals surface area contributed by atoms with Crippen molar-refractivity contribution in [2.75, 3.05) is 26.7 Å². The van der Waals surface area contributed by atoms with E-state index in [1.165, 1.54) is 12.1 Å². The van der Waals surface area contributed by atoms with E-state index in [1.807, 2.05) is 23.8 Å². The number of hydrogen-bond donors (Lipinski definition) is 0. The lowest BCUT2D eigenvalue weighted by Gasteiger charge is -2.26. The van der Waals surface area contributed by atoms with Gasteiger partial charge in [-0.15, -0.1) is 0 Å². The van der Waals surface area contributed by atoms with E-state index in [0.29, 0.717) is 6.54 Å². The zero-order valence-electron chi connectivity index (χ0n) is 11.6. The van der Waals surface area contributed by atoms with Crippen LogP contribution in [0.3, 0.4) is 0 Å². The second-order valence-corrected chi connectivity index (χ2v) is 5.23. The third kappa shape index (κ3) is 3.53. The molecule has 104 valence electrons. The van der Waals surface area contributed by atoms with Crippen LogP contribution in [0.1, 0.15) is 31.4 Å². The number of rotatable bonds is 4. The fourth-order valence-corrected chi connectivity index (χ4v) is 2.41. The van der Waals surface area contributed by atoms with Gasteiger partial charge in [-0.25, -0.2) is 4.39 Å². The molecule has 0 unspecified atom stereocenters. The number of carbonyl (C=O) groups is 1. The molecule has 3 nitrogen and oxygen atoms in total. The zero-order valence-corrected chi connectivity index (χ0v) is 11.6. The van der Waals surface area contributed by atoms with E-state index < -0.39 is 0 Å². The summed E-state index contributed by atoms with van der Waals surface area (Å²) in [7, 11) is 1.93. The molecule has 2 rings (SSSR count). The first-order valence-corrected chi connectivity index (χ1v) is 6.81. The first-order chi connectivity index (χ1) is 9.08. The Morgan fingerprint density at radius 2 is 1.89 bits per heavy atom. The molecular formula is C15H21FN2O. The predicted octanol–water partition coefficient (Wildman–Crippen LogP) is 2.44. The quantitative estimate of drug-likeness (QED) is 0.834. The highest BCUT2D eigenvalue weighted by Gasteiger charge is 2.21. The van der Waals surface area contributed by atoms with Gasteiger partial charge in [-0.05, 0) is 44.5 Å². The monoisotopic (exact) mass is 264 g/mol. The van der Waals surface area contributed by atoms with Crippen LogP contribution in [0.5, 0.6) is 0 Å². The minimum Gasteiger partial charge on any atom is -0.342 e. The average Bonchev–Trinajstić information content (AvgIpc) is 2.92. The number of likely N-dealkylation sites (tertiary alicyclic amines) is 1. The van der Waals surface area contributed by atoms with Gasteiger partial charge in [-0.1, -0.05) is 12.1 Å². The van der Waals surface area contributed by atoms with E-state index in [0.717, 1.165) is 31.5 Å². The second-order valence-electron chi connectivity index (χ2n) is 5.23. The van der Waals surface area contributed by atoms with Crippen molar-refractivity contribution in [2.24, 2.45) is 0 Å². The molecule has 0 N–H and O–H groups in total. The Balaban J connectivity index is 1.93. The summed E-state index contributed by atoms with van der Waals surface area (Å²) in [6, 6.07) is 6.57. The molecule has 0 radical (unpaired) electrons. The standard InChI is InChI=1S/C15H21FN2O/c1-12(13-5-7-14(16)8-6-13)17(2)11-15(19)18-9-3-4-10-18/h5-8,12H,3-4,9-11H2,1-2H3/t12-/m0/s1. The van der Waals surface area contributed by atoms with Crippen LogP contribution < -0.4 is 0 Å². The Labute approximate surface area is 114 Å². The molecule has 1 atom stereocenters. The predicted molar refractivity (Wildman–Crippen MR) is 73.3 cm³/mol. The second kappa shape index (κ2) is 6.15. The number of hydrogen-bond acceptors (Lipinski definition) is 2. The summed E-state index contributed by atoms with van der Waals surface area (Å²) in [4.78, 5) is 16.0. The molecule has 0 aromatic heterocycles. The van der Waals surface area contributed by atoms with Crippen molar-refractivity contribution in [3.05, 3.63) is 35.6 Å². The van der Waals surface area contributed by atoms with Crippen molar-refractivity contribution in [1.82, 2.24) is 9.80 Å². The third-order valence-electron chi connectivity index (χ3n) is 3.86. The minimum absolute atomic E-state index is 0.104. The highest BCUT2D eigenvalue weighted by atomic mass is 19.1. The lowest BCUT2D eigenvalue weighted by atomic mass is 10.1. The molecule has 1 saturated heterocycles. The van der Waals surface area contributed by atoms with Crippen LogP contribution in [0.2, 0.25) is 0 Å². The van der Waals surface area contributed by atoms with Gasteiger partial charge in [0.1, 0.15) is 5.82 Å². The van der Waals surface area contributed by atoms with Gasteiger partial charge < -0.3 is 4.90 Å². The number of halogens is 1. The summed E-state index contributed by atoms with van der Waals surface area (Å²) in [6.45, 7) is 4.22. The molecule has 1 aliphatic heterocycles. The zero-order chi connectivity index (χ0) is 13.8. The molecule has 1 amide bonds. The van der Waals surface area contributed by atoms with Gasteiger partial charge in [-0.3, -0.25) is 9.69 Å². The summed E-state index contributed by atoms with van der Waals surface area (Å²) in [5.41, 5.74) is 1.03. The SMILES string of the molecule is C[C@@H](c1ccc(F)cc1)N(C)CC(=O)N1CCCC1. The molecule has 0 aliphatic carbocycles. The Kier molecular flexibility index (Phi) is 4.53. The average molecular weight is 264 g/mol. The molecule has 1 aliphatic rings. The van der Waals surface area contributed by atoms with Gasteiger partial charge in [0, 0.05) is 19.1 Å². The van der Waals surface area contributed by atoms with E-state index in [1.54, 1.807) is 12.1 Å². The number of likely N-dealkylation sites (N-methyl/N-ethyl adjacent to an activating group) is 1. The highest BCUT2D eigenvalue weighted by Crippen LogP contribution is 2.19. The Bertz CT molecular complexity index is 426. The molecule has 1 aromatic carbocycles. The third-order valence-corrected chi connectivity index (χ3v) is 3.86. The topological polar surface area (TPSA) is 23.6 Å². The summed E-state index contributed by atoms with van der Waals surface area (Å²) in [5, 5.41) is 0. The molecule has 19 heavy (non-hydrogen) atoms. The Morgan fingerprint density at radius 3 is 2.47 bits per heavy atom. The van der Waals surface area contributed by atoms with Crippen LogP contribution in [0.4, 0.5) is 4.39 Å².